The molecule has 168 valence electrons. The van der Waals surface area contributed by atoms with Gasteiger partial charge in [0.05, 0.1) is 26.9 Å². The smallest absolute Gasteiger partial charge is 0.339 e. The molecule has 8 nitrogen and oxygen atoms in total. The van der Waals surface area contributed by atoms with E-state index in [4.69, 9.17) is 28.4 Å². The second-order valence-corrected chi connectivity index (χ2v) is 7.07. The van der Waals surface area contributed by atoms with Crippen molar-refractivity contribution in [2.75, 3.05) is 42.3 Å². The van der Waals surface area contributed by atoms with Gasteiger partial charge in [-0.25, -0.2) is 4.79 Å². The third kappa shape index (κ3) is 3.42. The van der Waals surface area contributed by atoms with Gasteiger partial charge in [0, 0.05) is 30.7 Å². The van der Waals surface area contributed by atoms with Crippen molar-refractivity contribution in [1.29, 1.82) is 0 Å². The van der Waals surface area contributed by atoms with Crippen molar-refractivity contribution < 1.29 is 38.0 Å². The maximum absolute atomic E-state index is 12.7. The highest BCUT2D eigenvalue weighted by atomic mass is 16.7. The lowest BCUT2D eigenvalue weighted by Gasteiger charge is -2.18. The van der Waals surface area contributed by atoms with E-state index in [0.717, 1.165) is 21.9 Å². The third-order valence-electron chi connectivity index (χ3n) is 5.28. The molecule has 3 aromatic rings. The summed E-state index contributed by atoms with van der Waals surface area (Å²) in [6.07, 6.45) is 0. The molecule has 5 rings (SSSR count). The van der Waals surface area contributed by atoms with Crippen molar-refractivity contribution in [3.8, 4) is 39.9 Å². The normalized spacial score (nSPS) is 13.2. The number of hydrogen-bond acceptors (Lipinski definition) is 8. The second-order valence-electron chi connectivity index (χ2n) is 7.07. The van der Waals surface area contributed by atoms with Crippen LogP contribution in [0.3, 0.4) is 0 Å². The van der Waals surface area contributed by atoms with Gasteiger partial charge in [0.2, 0.25) is 6.79 Å². The van der Waals surface area contributed by atoms with Crippen LogP contribution in [0.15, 0.2) is 30.3 Å². The van der Waals surface area contributed by atoms with Gasteiger partial charge >= 0.3 is 5.97 Å². The number of esters is 1. The molecule has 3 aromatic carbocycles. The molecule has 2 aliphatic heterocycles. The van der Waals surface area contributed by atoms with Crippen LogP contribution in [0.1, 0.15) is 15.9 Å². The van der Waals surface area contributed by atoms with Gasteiger partial charge in [-0.2, -0.15) is 0 Å². The van der Waals surface area contributed by atoms with E-state index in [1.165, 1.54) is 0 Å². The Hall–Kier alpha value is -3.65. The molecule has 32 heavy (non-hydrogen) atoms. The fourth-order valence-corrected chi connectivity index (χ4v) is 3.99. The third-order valence-corrected chi connectivity index (χ3v) is 5.28. The highest BCUT2D eigenvalue weighted by Crippen LogP contribution is 2.49. The Balaban J connectivity index is 0.000000775. The lowest BCUT2D eigenvalue weighted by molar-refractivity contribution is 0.0535. The summed E-state index contributed by atoms with van der Waals surface area (Å²) in [5, 5.41) is 1.59. The van der Waals surface area contributed by atoms with Gasteiger partial charge in [0.25, 0.3) is 0 Å². The van der Waals surface area contributed by atoms with Crippen molar-refractivity contribution >= 4 is 16.7 Å². The number of carbonyl (C=O) groups excluding carboxylic acids is 1. The van der Waals surface area contributed by atoms with E-state index in [-0.39, 0.29) is 19.4 Å². The van der Waals surface area contributed by atoms with Crippen LogP contribution in [0.4, 0.5) is 0 Å². The molecule has 0 aliphatic carbocycles. The zero-order valence-corrected chi connectivity index (χ0v) is 18.6. The number of cyclic esters (lactones) is 1. The summed E-state index contributed by atoms with van der Waals surface area (Å²) in [7, 11) is 7.98. The van der Waals surface area contributed by atoms with Crippen LogP contribution in [0, 0.1) is 0 Å². The van der Waals surface area contributed by atoms with E-state index in [1.54, 1.807) is 35.5 Å². The van der Waals surface area contributed by atoms with E-state index in [9.17, 15) is 4.79 Å². The van der Waals surface area contributed by atoms with Crippen LogP contribution >= 0.6 is 0 Å². The van der Waals surface area contributed by atoms with Gasteiger partial charge in [0.1, 0.15) is 12.4 Å². The molecule has 0 fully saturated rings. The molecule has 0 N–H and O–H groups in total. The number of benzene rings is 3. The number of methoxy groups -OCH3 is 4. The fraction of sp³-hybridized carbons (Fsp3) is 0.292. The maximum atomic E-state index is 12.7. The minimum absolute atomic E-state index is 0.152. The number of rotatable bonds is 4. The standard InChI is InChI=1S/C22H18O7.C2H6O/c1-24-16-7-12-13(8-17(16)25-2)21(26-3)14-9-27-22(23)20(14)19(12)11-4-5-15-18(6-11)29-10-28-15;1-3-2/h4-8H,9-10H2,1-3H3;1-2H3. The first-order valence-electron chi connectivity index (χ1n) is 9.83. The largest absolute Gasteiger partial charge is 0.496 e. The van der Waals surface area contributed by atoms with Gasteiger partial charge in [-0.1, -0.05) is 6.07 Å². The maximum Gasteiger partial charge on any atom is 0.339 e. The molecule has 0 saturated heterocycles. The topological polar surface area (TPSA) is 81.7 Å². The monoisotopic (exact) mass is 440 g/mol. The Morgan fingerprint density at radius 3 is 2.06 bits per heavy atom. The highest BCUT2D eigenvalue weighted by molar-refractivity contribution is 6.14. The van der Waals surface area contributed by atoms with Gasteiger partial charge in [-0.05, 0) is 35.2 Å². The van der Waals surface area contributed by atoms with Gasteiger partial charge in [0.15, 0.2) is 23.0 Å². The second kappa shape index (κ2) is 8.84. The van der Waals surface area contributed by atoms with Crippen molar-refractivity contribution in [2.45, 2.75) is 6.61 Å². The van der Waals surface area contributed by atoms with Crippen molar-refractivity contribution in [2.24, 2.45) is 0 Å². The summed E-state index contributed by atoms with van der Waals surface area (Å²) < 4.78 is 37.2. The summed E-state index contributed by atoms with van der Waals surface area (Å²) in [4.78, 5) is 12.7. The van der Waals surface area contributed by atoms with Gasteiger partial charge in [-0.15, -0.1) is 0 Å². The van der Waals surface area contributed by atoms with Crippen molar-refractivity contribution in [1.82, 2.24) is 0 Å². The molecule has 0 bridgehead atoms. The van der Waals surface area contributed by atoms with E-state index in [0.29, 0.717) is 39.9 Å². The molecular formula is C24H24O8. The molecule has 0 saturated carbocycles. The molecule has 2 heterocycles. The number of fused-ring (bicyclic) bond motifs is 3. The van der Waals surface area contributed by atoms with E-state index in [1.807, 2.05) is 30.3 Å². The Labute approximate surface area is 185 Å². The minimum Gasteiger partial charge on any atom is -0.496 e. The van der Waals surface area contributed by atoms with Crippen LogP contribution in [-0.4, -0.2) is 48.3 Å². The highest BCUT2D eigenvalue weighted by Gasteiger charge is 2.33. The molecule has 0 spiro atoms. The summed E-state index contributed by atoms with van der Waals surface area (Å²) in [5.74, 6) is 2.63. The van der Waals surface area contributed by atoms with Crippen LogP contribution in [-0.2, 0) is 16.1 Å². The Kier molecular flexibility index (Phi) is 5.96. The molecule has 2 aliphatic rings. The van der Waals surface area contributed by atoms with Crippen LogP contribution < -0.4 is 23.7 Å². The van der Waals surface area contributed by atoms with E-state index < -0.39 is 0 Å². The fourth-order valence-electron chi connectivity index (χ4n) is 3.99. The van der Waals surface area contributed by atoms with Crippen LogP contribution in [0.25, 0.3) is 21.9 Å². The van der Waals surface area contributed by atoms with Crippen molar-refractivity contribution in [3.63, 3.8) is 0 Å². The zero-order valence-electron chi connectivity index (χ0n) is 18.6. The predicted octanol–water partition coefficient (Wildman–Crippen LogP) is 4.19. The van der Waals surface area contributed by atoms with Crippen molar-refractivity contribution in [3.05, 3.63) is 41.5 Å². The summed E-state index contributed by atoms with van der Waals surface area (Å²) >= 11 is 0. The Morgan fingerprint density at radius 1 is 0.750 bits per heavy atom. The lowest BCUT2D eigenvalue weighted by atomic mass is 9.89. The Morgan fingerprint density at radius 2 is 1.41 bits per heavy atom. The molecular weight excluding hydrogens is 416 g/mol. The minimum atomic E-state index is -0.386. The van der Waals surface area contributed by atoms with E-state index in [2.05, 4.69) is 4.74 Å². The number of ether oxygens (including phenoxy) is 7. The SMILES string of the molecule is COC.COc1cc2c(OC)c3c(c(-c4ccc5c(c4)OCO5)c2cc1OC)C(=O)OC3. The first kappa shape index (κ1) is 21.6. The molecule has 8 heteroatoms. The average molecular weight is 440 g/mol. The quantitative estimate of drug-likeness (QED) is 0.559. The van der Waals surface area contributed by atoms with E-state index >= 15 is 0 Å². The molecule has 0 radical (unpaired) electrons. The van der Waals surface area contributed by atoms with Gasteiger partial charge in [-0.3, -0.25) is 0 Å². The molecule has 0 atom stereocenters. The Bertz CT molecular complexity index is 1180. The molecule has 0 amide bonds. The van der Waals surface area contributed by atoms with Crippen LogP contribution in [0.2, 0.25) is 0 Å². The average Bonchev–Trinajstić information content (AvgIpc) is 3.43. The first-order chi connectivity index (χ1) is 15.6. The summed E-state index contributed by atoms with van der Waals surface area (Å²) in [6.45, 7) is 0.326. The molecule has 0 aromatic heterocycles. The first-order valence-corrected chi connectivity index (χ1v) is 9.83. The molecule has 0 unspecified atom stereocenters. The zero-order chi connectivity index (χ0) is 22.8. The summed E-state index contributed by atoms with van der Waals surface area (Å²) in [6, 6.07) is 9.31. The number of carbonyl (C=O) groups is 1. The number of hydrogen-bond donors (Lipinski definition) is 0. The summed E-state index contributed by atoms with van der Waals surface area (Å²) in [5.41, 5.74) is 2.74. The predicted molar refractivity (Wildman–Crippen MR) is 117 cm³/mol. The van der Waals surface area contributed by atoms with Gasteiger partial charge < -0.3 is 33.2 Å². The lowest BCUT2D eigenvalue weighted by Crippen LogP contribution is -2.02. The van der Waals surface area contributed by atoms with Crippen LogP contribution in [0.5, 0.6) is 28.7 Å².